The zero-order chi connectivity index (χ0) is 11.0. The average molecular weight is 301 g/mol. The van der Waals surface area contributed by atoms with Crippen LogP contribution in [0.4, 0.5) is 0 Å². The third-order valence-electron chi connectivity index (χ3n) is 3.55. The van der Waals surface area contributed by atoms with Crippen LogP contribution in [0.3, 0.4) is 0 Å². The lowest BCUT2D eigenvalue weighted by molar-refractivity contribution is 0.137. The van der Waals surface area contributed by atoms with Crippen molar-refractivity contribution in [3.8, 4) is 0 Å². The van der Waals surface area contributed by atoms with Gasteiger partial charge >= 0.3 is 0 Å². The number of halogens is 1. The van der Waals surface area contributed by atoms with Crippen LogP contribution in [0.1, 0.15) is 17.7 Å². The third kappa shape index (κ3) is 2.50. The third-order valence-corrected chi connectivity index (χ3v) is 5.23. The summed E-state index contributed by atoms with van der Waals surface area (Å²) in [6.07, 6.45) is 2.88. The van der Waals surface area contributed by atoms with E-state index >= 15 is 0 Å². The normalized spacial score (nSPS) is 27.2. The maximum atomic E-state index is 3.53. The Bertz CT molecular complexity index is 362. The van der Waals surface area contributed by atoms with E-state index in [9.17, 15) is 0 Å². The van der Waals surface area contributed by atoms with Gasteiger partial charge in [-0.05, 0) is 40.8 Å². The van der Waals surface area contributed by atoms with Crippen molar-refractivity contribution in [1.82, 2.24) is 10.2 Å². The van der Waals surface area contributed by atoms with E-state index in [2.05, 4.69) is 37.6 Å². The molecule has 88 valence electrons. The lowest BCUT2D eigenvalue weighted by Crippen LogP contribution is -2.51. The Morgan fingerprint density at radius 3 is 3.06 bits per heavy atom. The molecular formula is C12H17BrN2S. The summed E-state index contributed by atoms with van der Waals surface area (Å²) in [7, 11) is 0. The van der Waals surface area contributed by atoms with Crippen molar-refractivity contribution in [3.05, 3.63) is 20.8 Å². The minimum Gasteiger partial charge on any atom is -0.314 e. The van der Waals surface area contributed by atoms with Gasteiger partial charge in [-0.1, -0.05) is 0 Å². The molecule has 0 radical (unpaired) electrons. The molecule has 4 heteroatoms. The summed E-state index contributed by atoms with van der Waals surface area (Å²) in [5.74, 6) is 0.969. The van der Waals surface area contributed by atoms with E-state index in [0.29, 0.717) is 0 Å². The monoisotopic (exact) mass is 300 g/mol. The van der Waals surface area contributed by atoms with Crippen molar-refractivity contribution >= 4 is 27.3 Å². The predicted molar refractivity (Wildman–Crippen MR) is 71.8 cm³/mol. The van der Waals surface area contributed by atoms with Crippen molar-refractivity contribution in [2.75, 3.05) is 19.6 Å². The number of thiophene rings is 1. The fourth-order valence-corrected chi connectivity index (χ4v) is 4.02. The molecule has 1 aliphatic carbocycles. The number of hydrogen-bond donors (Lipinski definition) is 1. The lowest BCUT2D eigenvalue weighted by Gasteiger charge is -2.36. The number of rotatable bonds is 3. The number of nitrogens with one attached hydrogen (secondary N) is 1. The smallest absolute Gasteiger partial charge is 0.0332 e. The largest absolute Gasteiger partial charge is 0.314 e. The standard InChI is InChI=1S/C12H17BrN2S/c13-10-5-11(16-8-10)7-15-4-3-14-6-12(15)9-1-2-9/h5,8-9,12,14H,1-4,6-7H2. The first-order valence-electron chi connectivity index (χ1n) is 6.00. The molecule has 2 heterocycles. The first-order valence-corrected chi connectivity index (χ1v) is 7.68. The zero-order valence-corrected chi connectivity index (χ0v) is 11.7. The van der Waals surface area contributed by atoms with E-state index in [1.807, 2.05) is 11.3 Å². The van der Waals surface area contributed by atoms with Crippen LogP contribution in [0.15, 0.2) is 15.9 Å². The summed E-state index contributed by atoms with van der Waals surface area (Å²) < 4.78 is 1.23. The van der Waals surface area contributed by atoms with Crippen LogP contribution < -0.4 is 5.32 Å². The Labute approximate surface area is 109 Å². The fraction of sp³-hybridized carbons (Fsp3) is 0.667. The number of nitrogens with zero attached hydrogens (tertiary/aromatic N) is 1. The van der Waals surface area contributed by atoms with Crippen LogP contribution >= 0.6 is 27.3 Å². The maximum absolute atomic E-state index is 3.53. The molecule has 1 atom stereocenters. The first kappa shape index (κ1) is 11.2. The van der Waals surface area contributed by atoms with E-state index in [1.54, 1.807) is 0 Å². The van der Waals surface area contributed by atoms with Crippen LogP contribution in [0.2, 0.25) is 0 Å². The van der Waals surface area contributed by atoms with Gasteiger partial charge in [0.05, 0.1) is 0 Å². The van der Waals surface area contributed by atoms with E-state index in [0.717, 1.165) is 25.0 Å². The maximum Gasteiger partial charge on any atom is 0.0332 e. The topological polar surface area (TPSA) is 15.3 Å². The zero-order valence-electron chi connectivity index (χ0n) is 9.29. The van der Waals surface area contributed by atoms with Gasteiger partial charge in [-0.25, -0.2) is 0 Å². The van der Waals surface area contributed by atoms with Crippen LogP contribution in [-0.4, -0.2) is 30.6 Å². The van der Waals surface area contributed by atoms with Gasteiger partial charge in [0.2, 0.25) is 0 Å². The molecule has 1 aromatic heterocycles. The van der Waals surface area contributed by atoms with Crippen molar-refractivity contribution in [2.45, 2.75) is 25.4 Å². The van der Waals surface area contributed by atoms with E-state index in [4.69, 9.17) is 0 Å². The van der Waals surface area contributed by atoms with Gasteiger partial charge in [0.25, 0.3) is 0 Å². The van der Waals surface area contributed by atoms with Gasteiger partial charge < -0.3 is 5.32 Å². The Morgan fingerprint density at radius 2 is 2.38 bits per heavy atom. The van der Waals surface area contributed by atoms with Crippen LogP contribution in [0.25, 0.3) is 0 Å². The second-order valence-electron chi connectivity index (χ2n) is 4.81. The quantitative estimate of drug-likeness (QED) is 0.923. The highest BCUT2D eigenvalue weighted by molar-refractivity contribution is 9.10. The second-order valence-corrected chi connectivity index (χ2v) is 6.72. The molecule has 1 saturated heterocycles. The lowest BCUT2D eigenvalue weighted by atomic mass is 10.1. The van der Waals surface area contributed by atoms with Gasteiger partial charge in [-0.2, -0.15) is 0 Å². The van der Waals surface area contributed by atoms with Gasteiger partial charge in [0.1, 0.15) is 0 Å². The van der Waals surface area contributed by atoms with Crippen LogP contribution in [0, 0.1) is 5.92 Å². The molecule has 1 N–H and O–H groups in total. The van der Waals surface area contributed by atoms with Gasteiger partial charge in [0.15, 0.2) is 0 Å². The Kier molecular flexibility index (Phi) is 3.34. The summed E-state index contributed by atoms with van der Waals surface area (Å²) in [6.45, 7) is 4.68. The van der Waals surface area contributed by atoms with Gasteiger partial charge in [0, 0.05) is 47.0 Å². The molecule has 0 amide bonds. The predicted octanol–water partition coefficient (Wildman–Crippen LogP) is 2.69. The van der Waals surface area contributed by atoms with Crippen molar-refractivity contribution in [3.63, 3.8) is 0 Å². The average Bonchev–Trinajstić information content (AvgIpc) is 3.04. The molecule has 3 rings (SSSR count). The van der Waals surface area contributed by atoms with Crippen molar-refractivity contribution < 1.29 is 0 Å². The molecule has 0 aromatic carbocycles. The minimum absolute atomic E-state index is 0.787. The highest BCUT2D eigenvalue weighted by Crippen LogP contribution is 2.36. The number of hydrogen-bond acceptors (Lipinski definition) is 3. The molecule has 2 aliphatic rings. The highest BCUT2D eigenvalue weighted by Gasteiger charge is 2.36. The van der Waals surface area contributed by atoms with Crippen molar-refractivity contribution in [1.29, 1.82) is 0 Å². The molecule has 1 unspecified atom stereocenters. The summed E-state index contributed by atoms with van der Waals surface area (Å²) in [5, 5.41) is 5.71. The van der Waals surface area contributed by atoms with Crippen LogP contribution in [0.5, 0.6) is 0 Å². The molecule has 1 saturated carbocycles. The number of piperazine rings is 1. The molecule has 2 nitrogen and oxygen atoms in total. The van der Waals surface area contributed by atoms with E-state index in [1.165, 1.54) is 35.3 Å². The summed E-state index contributed by atoms with van der Waals surface area (Å²) in [5.41, 5.74) is 0. The SMILES string of the molecule is Brc1csc(CN2CCNCC2C2CC2)c1. The highest BCUT2D eigenvalue weighted by atomic mass is 79.9. The summed E-state index contributed by atoms with van der Waals surface area (Å²) >= 11 is 5.40. The molecule has 1 aliphatic heterocycles. The molecule has 2 fully saturated rings. The molecule has 1 aromatic rings. The molecule has 0 bridgehead atoms. The summed E-state index contributed by atoms with van der Waals surface area (Å²) in [4.78, 5) is 4.16. The Balaban J connectivity index is 1.67. The fourth-order valence-electron chi connectivity index (χ4n) is 2.55. The van der Waals surface area contributed by atoms with Gasteiger partial charge in [-0.3, -0.25) is 4.90 Å². The molecular weight excluding hydrogens is 284 g/mol. The van der Waals surface area contributed by atoms with Crippen LogP contribution in [-0.2, 0) is 6.54 Å². The van der Waals surface area contributed by atoms with E-state index in [-0.39, 0.29) is 0 Å². The Hall–Kier alpha value is 0.1000. The first-order chi connectivity index (χ1) is 7.83. The molecule has 16 heavy (non-hydrogen) atoms. The van der Waals surface area contributed by atoms with Crippen molar-refractivity contribution in [2.24, 2.45) is 5.92 Å². The molecule has 0 spiro atoms. The summed E-state index contributed by atoms with van der Waals surface area (Å²) in [6, 6.07) is 3.05. The second kappa shape index (κ2) is 4.77. The Morgan fingerprint density at radius 1 is 1.50 bits per heavy atom. The van der Waals surface area contributed by atoms with E-state index < -0.39 is 0 Å². The van der Waals surface area contributed by atoms with Gasteiger partial charge in [-0.15, -0.1) is 11.3 Å². The minimum atomic E-state index is 0.787.